The molecule has 0 atom stereocenters. The summed E-state index contributed by atoms with van der Waals surface area (Å²) in [4.78, 5) is 31.9. The summed E-state index contributed by atoms with van der Waals surface area (Å²) in [7, 11) is 0. The fraction of sp³-hybridized carbons (Fsp3) is 0.150. The number of thiophene rings is 1. The molecule has 4 aromatic rings. The Labute approximate surface area is 153 Å². The van der Waals surface area contributed by atoms with Crippen molar-refractivity contribution in [3.05, 3.63) is 70.8 Å². The van der Waals surface area contributed by atoms with E-state index >= 15 is 0 Å². The summed E-state index contributed by atoms with van der Waals surface area (Å²) in [5.41, 5.74) is 2.68. The lowest BCUT2D eigenvalue weighted by Gasteiger charge is -2.17. The standard InChI is InChI=1S/C20H15N3O2S/c24-17(23-10-9-13-5-1-3-7-15(13)23)11-22-12-21-18-14-6-2-4-8-16(14)26-19(18)20(22)25/h1-8,12H,9-11H2. The number of anilines is 1. The van der Waals surface area contributed by atoms with Crippen molar-refractivity contribution < 1.29 is 4.79 Å². The lowest BCUT2D eigenvalue weighted by molar-refractivity contribution is -0.119. The Morgan fingerprint density at radius 3 is 2.85 bits per heavy atom. The van der Waals surface area contributed by atoms with Gasteiger partial charge in [0.25, 0.3) is 5.56 Å². The Kier molecular flexibility index (Phi) is 3.39. The Bertz CT molecular complexity index is 1220. The smallest absolute Gasteiger partial charge is 0.271 e. The molecule has 0 bridgehead atoms. The van der Waals surface area contributed by atoms with Gasteiger partial charge in [0.1, 0.15) is 11.2 Å². The van der Waals surface area contributed by atoms with E-state index in [2.05, 4.69) is 4.98 Å². The van der Waals surface area contributed by atoms with Crippen LogP contribution < -0.4 is 10.5 Å². The zero-order valence-electron chi connectivity index (χ0n) is 13.9. The topological polar surface area (TPSA) is 55.2 Å². The minimum absolute atomic E-state index is 0.00432. The monoisotopic (exact) mass is 361 g/mol. The maximum atomic E-state index is 12.9. The number of fused-ring (bicyclic) bond motifs is 4. The molecule has 1 amide bonds. The van der Waals surface area contributed by atoms with E-state index in [0.717, 1.165) is 22.2 Å². The van der Waals surface area contributed by atoms with Gasteiger partial charge in [-0.25, -0.2) is 4.98 Å². The van der Waals surface area contributed by atoms with Gasteiger partial charge < -0.3 is 4.90 Å². The van der Waals surface area contributed by atoms with Crippen LogP contribution in [0.2, 0.25) is 0 Å². The molecule has 0 fully saturated rings. The first-order chi connectivity index (χ1) is 12.7. The van der Waals surface area contributed by atoms with E-state index in [1.54, 1.807) is 4.90 Å². The fourth-order valence-corrected chi connectivity index (χ4v) is 4.66. The Morgan fingerprint density at radius 1 is 1.12 bits per heavy atom. The van der Waals surface area contributed by atoms with E-state index in [9.17, 15) is 9.59 Å². The van der Waals surface area contributed by atoms with Gasteiger partial charge in [0.2, 0.25) is 5.91 Å². The SMILES string of the molecule is O=C(Cn1cnc2c(sc3ccccc32)c1=O)N1CCc2ccccc21. The van der Waals surface area contributed by atoms with Crippen molar-refractivity contribution in [1.82, 2.24) is 9.55 Å². The van der Waals surface area contributed by atoms with E-state index in [4.69, 9.17) is 0 Å². The molecule has 5 nitrogen and oxygen atoms in total. The molecule has 5 rings (SSSR count). The summed E-state index contributed by atoms with van der Waals surface area (Å²) in [6.45, 7) is 0.663. The number of carbonyl (C=O) groups excluding carboxylic acids is 1. The number of benzene rings is 2. The molecule has 26 heavy (non-hydrogen) atoms. The number of carbonyl (C=O) groups is 1. The highest BCUT2D eigenvalue weighted by atomic mass is 32.1. The van der Waals surface area contributed by atoms with E-state index < -0.39 is 0 Å². The Morgan fingerprint density at radius 2 is 1.92 bits per heavy atom. The number of amides is 1. The molecule has 2 aromatic carbocycles. The van der Waals surface area contributed by atoms with Crippen molar-refractivity contribution in [3.63, 3.8) is 0 Å². The van der Waals surface area contributed by atoms with Crippen LogP contribution in [0.4, 0.5) is 5.69 Å². The van der Waals surface area contributed by atoms with Crippen LogP contribution in [-0.2, 0) is 17.8 Å². The van der Waals surface area contributed by atoms with Crippen molar-refractivity contribution in [2.45, 2.75) is 13.0 Å². The summed E-state index contributed by atoms with van der Waals surface area (Å²) in [5, 5.41) is 0.983. The molecular weight excluding hydrogens is 346 g/mol. The summed E-state index contributed by atoms with van der Waals surface area (Å²) in [5.74, 6) is -0.0840. The number of hydrogen-bond donors (Lipinski definition) is 0. The molecule has 2 aromatic heterocycles. The average Bonchev–Trinajstić information content (AvgIpc) is 3.26. The molecule has 0 unspecified atom stereocenters. The van der Waals surface area contributed by atoms with E-state index in [1.165, 1.54) is 27.8 Å². The van der Waals surface area contributed by atoms with Crippen LogP contribution >= 0.6 is 11.3 Å². The van der Waals surface area contributed by atoms with Gasteiger partial charge in [-0.1, -0.05) is 36.4 Å². The highest BCUT2D eigenvalue weighted by Crippen LogP contribution is 2.30. The molecule has 0 saturated carbocycles. The Hall–Kier alpha value is -2.99. The second-order valence-corrected chi connectivity index (χ2v) is 7.43. The van der Waals surface area contributed by atoms with Crippen molar-refractivity contribution in [1.29, 1.82) is 0 Å². The lowest BCUT2D eigenvalue weighted by atomic mass is 10.2. The summed E-state index contributed by atoms with van der Waals surface area (Å²) >= 11 is 1.43. The zero-order valence-corrected chi connectivity index (χ0v) is 14.7. The molecule has 0 spiro atoms. The summed E-state index contributed by atoms with van der Waals surface area (Å²) in [6.07, 6.45) is 2.34. The van der Waals surface area contributed by atoms with Crippen LogP contribution in [0.25, 0.3) is 20.3 Å². The second-order valence-electron chi connectivity index (χ2n) is 6.38. The average molecular weight is 361 g/mol. The molecular formula is C20H15N3O2S. The molecule has 0 aliphatic carbocycles. The largest absolute Gasteiger partial charge is 0.310 e. The van der Waals surface area contributed by atoms with Crippen LogP contribution in [0.15, 0.2) is 59.7 Å². The van der Waals surface area contributed by atoms with Crippen LogP contribution in [0, 0.1) is 0 Å². The molecule has 1 aliphatic heterocycles. The first kappa shape index (κ1) is 15.3. The van der Waals surface area contributed by atoms with Gasteiger partial charge in [0.15, 0.2) is 0 Å². The van der Waals surface area contributed by atoms with Gasteiger partial charge in [-0.2, -0.15) is 0 Å². The Balaban J connectivity index is 1.52. The van der Waals surface area contributed by atoms with Crippen molar-refractivity contribution in [2.24, 2.45) is 0 Å². The highest BCUT2D eigenvalue weighted by Gasteiger charge is 2.24. The predicted molar refractivity (Wildman–Crippen MR) is 104 cm³/mol. The third-order valence-electron chi connectivity index (χ3n) is 4.84. The first-order valence-electron chi connectivity index (χ1n) is 8.47. The van der Waals surface area contributed by atoms with Gasteiger partial charge in [0, 0.05) is 22.3 Å². The third kappa shape index (κ3) is 2.26. The van der Waals surface area contributed by atoms with Gasteiger partial charge >= 0.3 is 0 Å². The van der Waals surface area contributed by atoms with E-state index in [-0.39, 0.29) is 18.0 Å². The minimum Gasteiger partial charge on any atom is -0.310 e. The number of nitrogens with zero attached hydrogens (tertiary/aromatic N) is 3. The maximum Gasteiger partial charge on any atom is 0.271 e. The van der Waals surface area contributed by atoms with E-state index in [0.29, 0.717) is 16.8 Å². The molecule has 128 valence electrons. The number of hydrogen-bond acceptors (Lipinski definition) is 4. The predicted octanol–water partition coefficient (Wildman–Crippen LogP) is 3.20. The third-order valence-corrected chi connectivity index (χ3v) is 5.99. The molecule has 0 saturated heterocycles. The first-order valence-corrected chi connectivity index (χ1v) is 9.29. The zero-order chi connectivity index (χ0) is 17.7. The van der Waals surface area contributed by atoms with E-state index in [1.807, 2.05) is 48.5 Å². The lowest BCUT2D eigenvalue weighted by Crippen LogP contribution is -2.35. The molecule has 6 heteroatoms. The quantitative estimate of drug-likeness (QED) is 0.551. The molecule has 0 radical (unpaired) electrons. The van der Waals surface area contributed by atoms with Crippen LogP contribution in [-0.4, -0.2) is 22.0 Å². The van der Waals surface area contributed by atoms with Gasteiger partial charge in [0.05, 0.1) is 11.8 Å². The van der Waals surface area contributed by atoms with Gasteiger partial charge in [-0.05, 0) is 24.1 Å². The van der Waals surface area contributed by atoms with Gasteiger partial charge in [-0.3, -0.25) is 14.2 Å². The van der Waals surface area contributed by atoms with Crippen molar-refractivity contribution in [3.8, 4) is 0 Å². The molecule has 1 aliphatic rings. The van der Waals surface area contributed by atoms with Crippen LogP contribution in [0.1, 0.15) is 5.56 Å². The number of rotatable bonds is 2. The minimum atomic E-state index is -0.156. The van der Waals surface area contributed by atoms with Gasteiger partial charge in [-0.15, -0.1) is 11.3 Å². The molecule has 3 heterocycles. The number of aromatic nitrogens is 2. The number of para-hydroxylation sites is 1. The highest BCUT2D eigenvalue weighted by molar-refractivity contribution is 7.25. The second kappa shape index (κ2) is 5.78. The van der Waals surface area contributed by atoms with Crippen molar-refractivity contribution >= 4 is 43.2 Å². The fourth-order valence-electron chi connectivity index (χ4n) is 3.56. The summed E-state index contributed by atoms with van der Waals surface area (Å²) < 4.78 is 3.05. The van der Waals surface area contributed by atoms with Crippen LogP contribution in [0.5, 0.6) is 0 Å². The van der Waals surface area contributed by atoms with Crippen molar-refractivity contribution in [2.75, 3.05) is 11.4 Å². The normalized spacial score (nSPS) is 13.5. The molecule has 0 N–H and O–H groups in total. The maximum absolute atomic E-state index is 12.9. The summed E-state index contributed by atoms with van der Waals surface area (Å²) in [6, 6.07) is 15.8. The van der Waals surface area contributed by atoms with Crippen LogP contribution in [0.3, 0.4) is 0 Å².